The lowest BCUT2D eigenvalue weighted by Gasteiger charge is -2.17. The molecule has 1 heterocycles. The number of aromatic amines is 1. The van der Waals surface area contributed by atoms with E-state index in [0.29, 0.717) is 35.3 Å². The van der Waals surface area contributed by atoms with Crippen LogP contribution >= 0.6 is 12.2 Å². The Bertz CT molecular complexity index is 998. The number of H-pyrrole nitrogens is 1. The SMILES string of the molecule is COc1ccc(CC(c2ccc(OC)c(OC)c2)c2n[nH]c(=S)o2)cc1OC. The average Bonchev–Trinajstić information content (AvgIpc) is 3.17. The summed E-state index contributed by atoms with van der Waals surface area (Å²) in [5.41, 5.74) is 1.99. The molecule has 1 aromatic heterocycles. The van der Waals surface area contributed by atoms with Gasteiger partial charge < -0.3 is 23.4 Å². The van der Waals surface area contributed by atoms with Crippen molar-refractivity contribution < 1.29 is 23.4 Å². The van der Waals surface area contributed by atoms with Crippen LogP contribution in [0.15, 0.2) is 40.8 Å². The topological polar surface area (TPSA) is 78.7 Å². The maximum absolute atomic E-state index is 5.62. The van der Waals surface area contributed by atoms with E-state index in [4.69, 9.17) is 35.6 Å². The van der Waals surface area contributed by atoms with E-state index in [-0.39, 0.29) is 10.8 Å². The van der Waals surface area contributed by atoms with Crippen molar-refractivity contribution in [1.29, 1.82) is 0 Å². The number of methoxy groups -OCH3 is 4. The van der Waals surface area contributed by atoms with E-state index in [2.05, 4.69) is 10.2 Å². The van der Waals surface area contributed by atoms with Crippen LogP contribution in [0.25, 0.3) is 0 Å². The van der Waals surface area contributed by atoms with Crippen LogP contribution in [0.4, 0.5) is 0 Å². The number of ether oxygens (including phenoxy) is 4. The number of hydrogen-bond acceptors (Lipinski definition) is 7. The van der Waals surface area contributed by atoms with Crippen molar-refractivity contribution in [1.82, 2.24) is 10.2 Å². The molecule has 0 amide bonds. The Kier molecular flexibility index (Phi) is 6.20. The predicted octanol–water partition coefficient (Wildman–Crippen LogP) is 4.14. The van der Waals surface area contributed by atoms with Crippen LogP contribution in [-0.2, 0) is 6.42 Å². The Morgan fingerprint density at radius 1 is 0.893 bits per heavy atom. The molecule has 0 saturated carbocycles. The van der Waals surface area contributed by atoms with Gasteiger partial charge in [-0.1, -0.05) is 12.1 Å². The summed E-state index contributed by atoms with van der Waals surface area (Å²) < 4.78 is 27.1. The van der Waals surface area contributed by atoms with E-state index in [9.17, 15) is 0 Å². The first-order valence-corrected chi connectivity index (χ1v) is 8.98. The number of nitrogens with one attached hydrogen (secondary N) is 1. The van der Waals surface area contributed by atoms with Crippen molar-refractivity contribution in [3.8, 4) is 23.0 Å². The maximum atomic E-state index is 5.62. The summed E-state index contributed by atoms with van der Waals surface area (Å²) in [7, 11) is 6.42. The molecular formula is C20H22N2O5S. The van der Waals surface area contributed by atoms with E-state index in [1.807, 2.05) is 36.4 Å². The Labute approximate surface area is 168 Å². The Balaban J connectivity index is 2.02. The van der Waals surface area contributed by atoms with Gasteiger partial charge in [0, 0.05) is 0 Å². The fraction of sp³-hybridized carbons (Fsp3) is 0.300. The van der Waals surface area contributed by atoms with E-state index in [1.54, 1.807) is 28.4 Å². The molecule has 0 spiro atoms. The van der Waals surface area contributed by atoms with Crippen molar-refractivity contribution in [2.24, 2.45) is 0 Å². The van der Waals surface area contributed by atoms with Gasteiger partial charge in [0.25, 0.3) is 4.84 Å². The standard InChI is InChI=1S/C20H22N2O5S/c1-23-15-7-5-12(10-17(15)25-3)9-14(19-21-22-20(28)27-19)13-6-8-16(24-2)18(11-13)26-4/h5-8,10-11,14H,9H2,1-4H3,(H,22,28). The number of nitrogens with zero attached hydrogens (tertiary/aromatic N) is 1. The summed E-state index contributed by atoms with van der Waals surface area (Å²) in [5, 5.41) is 6.93. The third-order valence-electron chi connectivity index (χ3n) is 4.45. The summed E-state index contributed by atoms with van der Waals surface area (Å²) >= 11 is 5.06. The predicted molar refractivity (Wildman–Crippen MR) is 106 cm³/mol. The van der Waals surface area contributed by atoms with Crippen LogP contribution in [0.5, 0.6) is 23.0 Å². The van der Waals surface area contributed by atoms with Crippen LogP contribution < -0.4 is 18.9 Å². The van der Waals surface area contributed by atoms with E-state index in [0.717, 1.165) is 11.1 Å². The van der Waals surface area contributed by atoms with Crippen molar-refractivity contribution >= 4 is 12.2 Å². The first-order valence-electron chi connectivity index (χ1n) is 8.57. The number of benzene rings is 2. The highest BCUT2D eigenvalue weighted by atomic mass is 32.1. The van der Waals surface area contributed by atoms with Crippen LogP contribution in [0.1, 0.15) is 22.9 Å². The molecule has 7 nitrogen and oxygen atoms in total. The third-order valence-corrected chi connectivity index (χ3v) is 4.63. The number of aromatic nitrogens is 2. The summed E-state index contributed by atoms with van der Waals surface area (Å²) in [6.45, 7) is 0. The van der Waals surface area contributed by atoms with E-state index >= 15 is 0 Å². The van der Waals surface area contributed by atoms with Crippen LogP contribution in [0.2, 0.25) is 0 Å². The zero-order valence-corrected chi connectivity index (χ0v) is 17.0. The van der Waals surface area contributed by atoms with Crippen molar-refractivity contribution in [2.45, 2.75) is 12.3 Å². The molecule has 3 aromatic rings. The molecule has 0 saturated heterocycles. The van der Waals surface area contributed by atoms with Crippen molar-refractivity contribution in [2.75, 3.05) is 28.4 Å². The Hall–Kier alpha value is -3.00. The molecule has 0 bridgehead atoms. The summed E-state index contributed by atoms with van der Waals surface area (Å²) in [5.74, 6) is 2.92. The smallest absolute Gasteiger partial charge is 0.284 e. The molecule has 0 fully saturated rings. The average molecular weight is 402 g/mol. The fourth-order valence-corrected chi connectivity index (χ4v) is 3.18. The fourth-order valence-electron chi connectivity index (χ4n) is 3.05. The van der Waals surface area contributed by atoms with Gasteiger partial charge in [-0.15, -0.1) is 5.10 Å². The minimum absolute atomic E-state index is 0.189. The minimum Gasteiger partial charge on any atom is -0.493 e. The molecule has 0 aliphatic carbocycles. The monoisotopic (exact) mass is 402 g/mol. The molecule has 0 aliphatic rings. The van der Waals surface area contributed by atoms with Crippen molar-refractivity contribution in [3.05, 3.63) is 58.3 Å². The van der Waals surface area contributed by atoms with Gasteiger partial charge in [-0.3, -0.25) is 0 Å². The zero-order valence-electron chi connectivity index (χ0n) is 16.1. The molecule has 1 atom stereocenters. The van der Waals surface area contributed by atoms with Gasteiger partial charge in [0.2, 0.25) is 5.89 Å². The normalized spacial score (nSPS) is 11.7. The van der Waals surface area contributed by atoms with Gasteiger partial charge in [-0.2, -0.15) is 0 Å². The lowest BCUT2D eigenvalue weighted by atomic mass is 9.91. The molecule has 0 aliphatic heterocycles. The molecule has 28 heavy (non-hydrogen) atoms. The lowest BCUT2D eigenvalue weighted by Crippen LogP contribution is -2.07. The molecule has 148 valence electrons. The maximum Gasteiger partial charge on any atom is 0.284 e. The second-order valence-electron chi connectivity index (χ2n) is 6.01. The van der Waals surface area contributed by atoms with Gasteiger partial charge >= 0.3 is 0 Å². The molecular weight excluding hydrogens is 380 g/mol. The number of hydrogen-bond donors (Lipinski definition) is 1. The summed E-state index contributed by atoms with van der Waals surface area (Å²) in [6.07, 6.45) is 0.610. The zero-order chi connectivity index (χ0) is 20.1. The minimum atomic E-state index is -0.189. The van der Waals surface area contributed by atoms with Crippen molar-refractivity contribution in [3.63, 3.8) is 0 Å². The second kappa shape index (κ2) is 8.79. The molecule has 1 unspecified atom stereocenters. The van der Waals surface area contributed by atoms with Gasteiger partial charge in [0.1, 0.15) is 0 Å². The molecule has 0 radical (unpaired) electrons. The highest BCUT2D eigenvalue weighted by molar-refractivity contribution is 7.71. The highest BCUT2D eigenvalue weighted by Gasteiger charge is 2.22. The molecule has 8 heteroatoms. The third kappa shape index (κ3) is 4.12. The van der Waals surface area contributed by atoms with Crippen LogP contribution in [-0.4, -0.2) is 38.6 Å². The number of rotatable bonds is 8. The summed E-state index contributed by atoms with van der Waals surface area (Å²) in [6, 6.07) is 11.5. The molecule has 1 N–H and O–H groups in total. The second-order valence-corrected chi connectivity index (χ2v) is 6.38. The summed E-state index contributed by atoms with van der Waals surface area (Å²) in [4.78, 5) is 0.229. The lowest BCUT2D eigenvalue weighted by molar-refractivity contribution is 0.353. The van der Waals surface area contributed by atoms with E-state index in [1.165, 1.54) is 0 Å². The highest BCUT2D eigenvalue weighted by Crippen LogP contribution is 2.36. The van der Waals surface area contributed by atoms with Crippen LogP contribution in [0.3, 0.4) is 0 Å². The molecule has 2 aromatic carbocycles. The van der Waals surface area contributed by atoms with Gasteiger partial charge in [-0.05, 0) is 54.0 Å². The Morgan fingerprint density at radius 3 is 2.07 bits per heavy atom. The quantitative estimate of drug-likeness (QED) is 0.567. The van der Waals surface area contributed by atoms with Crippen LogP contribution in [0, 0.1) is 4.84 Å². The van der Waals surface area contributed by atoms with Gasteiger partial charge in [-0.25, -0.2) is 5.10 Å². The largest absolute Gasteiger partial charge is 0.493 e. The first kappa shape index (κ1) is 19.8. The first-order chi connectivity index (χ1) is 13.6. The van der Waals surface area contributed by atoms with E-state index < -0.39 is 0 Å². The molecule has 3 rings (SSSR count). The Morgan fingerprint density at radius 2 is 1.50 bits per heavy atom. The van der Waals surface area contributed by atoms with Gasteiger partial charge in [0.05, 0.1) is 34.4 Å². The van der Waals surface area contributed by atoms with Gasteiger partial charge in [0.15, 0.2) is 23.0 Å².